The van der Waals surface area contributed by atoms with Crippen LogP contribution in [-0.4, -0.2) is 35.7 Å². The van der Waals surface area contributed by atoms with Crippen molar-refractivity contribution < 1.29 is 13.2 Å². The largest absolute Gasteiger partial charge is 0.405 e. The molecule has 0 aliphatic heterocycles. The van der Waals surface area contributed by atoms with Gasteiger partial charge >= 0.3 is 6.18 Å². The first-order chi connectivity index (χ1) is 7.38. The van der Waals surface area contributed by atoms with Crippen LogP contribution < -0.4 is 5.73 Å². The quantitative estimate of drug-likeness (QED) is 0.770. The van der Waals surface area contributed by atoms with Crippen LogP contribution in [0.5, 0.6) is 0 Å². The first-order valence-electron chi connectivity index (χ1n) is 5.96. The summed E-state index contributed by atoms with van der Waals surface area (Å²) in [6.45, 7) is 3.94. The SMILES string of the molecule is CCCCN(C1CC1)C(C(C)N)C(F)(F)F. The Bertz CT molecular complexity index is 212. The minimum atomic E-state index is -4.22. The van der Waals surface area contributed by atoms with Crippen LogP contribution in [0.3, 0.4) is 0 Å². The summed E-state index contributed by atoms with van der Waals surface area (Å²) in [6, 6.07) is -2.24. The number of rotatable bonds is 6. The number of hydrogen-bond acceptors (Lipinski definition) is 2. The highest BCUT2D eigenvalue weighted by molar-refractivity contribution is 4.94. The molecule has 0 aromatic carbocycles. The molecule has 2 atom stereocenters. The molecule has 1 fully saturated rings. The van der Waals surface area contributed by atoms with Gasteiger partial charge in [0, 0.05) is 12.1 Å². The summed E-state index contributed by atoms with van der Waals surface area (Å²) < 4.78 is 38.7. The lowest BCUT2D eigenvalue weighted by atomic mass is 10.1. The normalized spacial score (nSPS) is 21.2. The minimum Gasteiger partial charge on any atom is -0.326 e. The lowest BCUT2D eigenvalue weighted by Crippen LogP contribution is -2.56. The molecule has 1 rings (SSSR count). The highest BCUT2D eigenvalue weighted by Crippen LogP contribution is 2.35. The van der Waals surface area contributed by atoms with Gasteiger partial charge in [0.05, 0.1) is 0 Å². The van der Waals surface area contributed by atoms with E-state index in [1.54, 1.807) is 4.90 Å². The van der Waals surface area contributed by atoms with E-state index >= 15 is 0 Å². The predicted octanol–water partition coefficient (Wildman–Crippen LogP) is 2.53. The van der Waals surface area contributed by atoms with Gasteiger partial charge in [0.15, 0.2) is 0 Å². The van der Waals surface area contributed by atoms with Gasteiger partial charge < -0.3 is 5.73 Å². The van der Waals surface area contributed by atoms with Crippen LogP contribution in [0, 0.1) is 0 Å². The van der Waals surface area contributed by atoms with Gasteiger partial charge in [-0.05, 0) is 32.7 Å². The Balaban J connectivity index is 2.71. The molecule has 16 heavy (non-hydrogen) atoms. The zero-order valence-electron chi connectivity index (χ0n) is 9.93. The molecular formula is C11H21F3N2. The molecule has 1 aliphatic carbocycles. The Morgan fingerprint density at radius 3 is 2.25 bits per heavy atom. The highest BCUT2D eigenvalue weighted by atomic mass is 19.4. The molecule has 1 aliphatic rings. The Morgan fingerprint density at radius 1 is 1.38 bits per heavy atom. The molecule has 1 saturated carbocycles. The molecule has 0 aromatic heterocycles. The van der Waals surface area contributed by atoms with Crippen molar-refractivity contribution in [2.75, 3.05) is 6.54 Å². The highest BCUT2D eigenvalue weighted by Gasteiger charge is 2.49. The number of halogens is 3. The van der Waals surface area contributed by atoms with Crippen molar-refractivity contribution in [1.82, 2.24) is 4.90 Å². The molecule has 2 N–H and O–H groups in total. The zero-order valence-corrected chi connectivity index (χ0v) is 9.93. The van der Waals surface area contributed by atoms with E-state index in [4.69, 9.17) is 5.73 Å². The average Bonchev–Trinajstić information content (AvgIpc) is 2.91. The summed E-state index contributed by atoms with van der Waals surface area (Å²) in [5.74, 6) is 0. The van der Waals surface area contributed by atoms with E-state index in [0.717, 1.165) is 25.7 Å². The number of nitrogens with two attached hydrogens (primary N) is 1. The standard InChI is InChI=1S/C11H21F3N2/c1-3-4-7-16(9-5-6-9)10(8(2)15)11(12,13)14/h8-10H,3-7,15H2,1-2H3. The smallest absolute Gasteiger partial charge is 0.326 e. The number of alkyl halides is 3. The summed E-state index contributed by atoms with van der Waals surface area (Å²) in [5.41, 5.74) is 5.50. The molecule has 2 nitrogen and oxygen atoms in total. The van der Waals surface area contributed by atoms with E-state index in [1.165, 1.54) is 6.92 Å². The lowest BCUT2D eigenvalue weighted by molar-refractivity contribution is -0.190. The van der Waals surface area contributed by atoms with Crippen LogP contribution in [0.1, 0.15) is 39.5 Å². The molecule has 5 heteroatoms. The summed E-state index contributed by atoms with van der Waals surface area (Å²) in [6.07, 6.45) is -0.751. The molecular weight excluding hydrogens is 217 g/mol. The van der Waals surface area contributed by atoms with Crippen LogP contribution >= 0.6 is 0 Å². The topological polar surface area (TPSA) is 29.3 Å². The molecule has 2 unspecified atom stereocenters. The van der Waals surface area contributed by atoms with Crippen LogP contribution in [0.2, 0.25) is 0 Å². The van der Waals surface area contributed by atoms with Crippen molar-refractivity contribution in [3.8, 4) is 0 Å². The molecule has 0 radical (unpaired) electrons. The molecule has 0 saturated heterocycles. The van der Waals surface area contributed by atoms with Crippen molar-refractivity contribution in [2.45, 2.75) is 63.8 Å². The third-order valence-electron chi connectivity index (χ3n) is 2.98. The number of nitrogens with zero attached hydrogens (tertiary/aromatic N) is 1. The fourth-order valence-electron chi connectivity index (χ4n) is 2.08. The van der Waals surface area contributed by atoms with E-state index in [1.807, 2.05) is 6.92 Å². The van der Waals surface area contributed by atoms with Crippen molar-refractivity contribution in [2.24, 2.45) is 5.73 Å². The Kier molecular flexibility index (Phi) is 4.62. The summed E-state index contributed by atoms with van der Waals surface area (Å²) in [7, 11) is 0. The maximum atomic E-state index is 12.9. The summed E-state index contributed by atoms with van der Waals surface area (Å²) in [4.78, 5) is 1.56. The van der Waals surface area contributed by atoms with Gasteiger partial charge in [0.1, 0.15) is 6.04 Å². The van der Waals surface area contributed by atoms with Crippen LogP contribution in [0.15, 0.2) is 0 Å². The lowest BCUT2D eigenvalue weighted by Gasteiger charge is -2.35. The van der Waals surface area contributed by atoms with Crippen LogP contribution in [0.4, 0.5) is 13.2 Å². The summed E-state index contributed by atoms with van der Waals surface area (Å²) >= 11 is 0. The fourth-order valence-corrected chi connectivity index (χ4v) is 2.08. The second-order valence-corrected chi connectivity index (χ2v) is 4.67. The first kappa shape index (κ1) is 13.8. The van der Waals surface area contributed by atoms with Gasteiger partial charge in [-0.25, -0.2) is 0 Å². The maximum Gasteiger partial charge on any atom is 0.405 e. The van der Waals surface area contributed by atoms with E-state index in [0.29, 0.717) is 6.54 Å². The minimum absolute atomic E-state index is 0.101. The number of hydrogen-bond donors (Lipinski definition) is 1. The fraction of sp³-hybridized carbons (Fsp3) is 1.00. The predicted molar refractivity (Wildman–Crippen MR) is 58.1 cm³/mol. The van der Waals surface area contributed by atoms with Gasteiger partial charge in [0.25, 0.3) is 0 Å². The van der Waals surface area contributed by atoms with Gasteiger partial charge in [0.2, 0.25) is 0 Å². The van der Waals surface area contributed by atoms with Crippen molar-refractivity contribution in [3.63, 3.8) is 0 Å². The Hall–Kier alpha value is -0.290. The summed E-state index contributed by atoms with van der Waals surface area (Å²) in [5, 5.41) is 0. The van der Waals surface area contributed by atoms with Crippen molar-refractivity contribution in [1.29, 1.82) is 0 Å². The third kappa shape index (κ3) is 3.63. The van der Waals surface area contributed by atoms with E-state index < -0.39 is 18.3 Å². The molecule has 0 amide bonds. The van der Waals surface area contributed by atoms with Gasteiger partial charge in [-0.3, -0.25) is 4.90 Å². The Morgan fingerprint density at radius 2 is 1.94 bits per heavy atom. The molecule has 0 bridgehead atoms. The van der Waals surface area contributed by atoms with Crippen LogP contribution in [-0.2, 0) is 0 Å². The second kappa shape index (κ2) is 5.36. The Labute approximate surface area is 95.0 Å². The zero-order chi connectivity index (χ0) is 12.3. The second-order valence-electron chi connectivity index (χ2n) is 4.67. The third-order valence-corrected chi connectivity index (χ3v) is 2.98. The number of unbranched alkanes of at least 4 members (excludes halogenated alkanes) is 1. The monoisotopic (exact) mass is 238 g/mol. The van der Waals surface area contributed by atoms with Crippen molar-refractivity contribution in [3.05, 3.63) is 0 Å². The van der Waals surface area contributed by atoms with E-state index in [2.05, 4.69) is 0 Å². The average molecular weight is 238 g/mol. The first-order valence-corrected chi connectivity index (χ1v) is 5.96. The van der Waals surface area contributed by atoms with Gasteiger partial charge in [-0.1, -0.05) is 13.3 Å². The maximum absolute atomic E-state index is 12.9. The van der Waals surface area contributed by atoms with Crippen LogP contribution in [0.25, 0.3) is 0 Å². The van der Waals surface area contributed by atoms with E-state index in [-0.39, 0.29) is 6.04 Å². The molecule has 0 aromatic rings. The van der Waals surface area contributed by atoms with Gasteiger partial charge in [-0.15, -0.1) is 0 Å². The molecule has 96 valence electrons. The van der Waals surface area contributed by atoms with E-state index in [9.17, 15) is 13.2 Å². The molecule has 0 heterocycles. The van der Waals surface area contributed by atoms with Crippen molar-refractivity contribution >= 4 is 0 Å². The molecule has 0 spiro atoms. The van der Waals surface area contributed by atoms with Gasteiger partial charge in [-0.2, -0.15) is 13.2 Å².